The smallest absolute Gasteiger partial charge is 0.407 e. The molecule has 3 aromatic carbocycles. The SMILES string of the molecule is CC(C)(OC(=O)C[C@H](NC(=O)OCC1c2ccccc2-c2ccccc21)C(=O)[O-])c1ccccc1. The molecule has 1 N–H and O–H groups in total. The molecule has 35 heavy (non-hydrogen) atoms. The number of amides is 1. The zero-order valence-corrected chi connectivity index (χ0v) is 19.5. The summed E-state index contributed by atoms with van der Waals surface area (Å²) in [5.74, 6) is -2.56. The second kappa shape index (κ2) is 10.0. The van der Waals surface area contributed by atoms with Crippen LogP contribution in [0.2, 0.25) is 0 Å². The van der Waals surface area contributed by atoms with E-state index in [1.807, 2.05) is 66.7 Å². The fourth-order valence-electron chi connectivity index (χ4n) is 4.37. The molecule has 4 rings (SSSR count). The molecule has 3 aromatic rings. The van der Waals surface area contributed by atoms with Crippen molar-refractivity contribution in [2.24, 2.45) is 0 Å². The van der Waals surface area contributed by atoms with E-state index in [0.29, 0.717) is 0 Å². The Hall–Kier alpha value is -4.13. The van der Waals surface area contributed by atoms with Crippen LogP contribution >= 0.6 is 0 Å². The van der Waals surface area contributed by atoms with Crippen molar-refractivity contribution < 1.29 is 29.0 Å². The molecule has 0 unspecified atom stereocenters. The molecule has 0 spiro atoms. The Morgan fingerprint density at radius 3 is 2.00 bits per heavy atom. The number of ether oxygens (including phenoxy) is 2. The number of fused-ring (bicyclic) bond motifs is 3. The molecule has 0 aromatic heterocycles. The van der Waals surface area contributed by atoms with Gasteiger partial charge in [0, 0.05) is 5.92 Å². The van der Waals surface area contributed by atoms with Gasteiger partial charge in [-0.15, -0.1) is 0 Å². The van der Waals surface area contributed by atoms with Crippen molar-refractivity contribution in [2.45, 2.75) is 37.8 Å². The van der Waals surface area contributed by atoms with Crippen molar-refractivity contribution in [2.75, 3.05) is 6.61 Å². The quantitative estimate of drug-likeness (QED) is 0.503. The van der Waals surface area contributed by atoms with Crippen molar-refractivity contribution >= 4 is 18.0 Å². The van der Waals surface area contributed by atoms with Crippen LogP contribution in [0.25, 0.3) is 11.1 Å². The van der Waals surface area contributed by atoms with Gasteiger partial charge in [0.05, 0.1) is 18.4 Å². The van der Waals surface area contributed by atoms with E-state index >= 15 is 0 Å². The topological polar surface area (TPSA) is 105 Å². The maximum Gasteiger partial charge on any atom is 0.407 e. The van der Waals surface area contributed by atoms with E-state index < -0.39 is 36.1 Å². The lowest BCUT2D eigenvalue weighted by Crippen LogP contribution is -2.49. The molecule has 0 aliphatic heterocycles. The lowest BCUT2D eigenvalue weighted by molar-refractivity contribution is -0.308. The van der Waals surface area contributed by atoms with Gasteiger partial charge in [0.25, 0.3) is 0 Å². The van der Waals surface area contributed by atoms with Gasteiger partial charge < -0.3 is 24.7 Å². The van der Waals surface area contributed by atoms with Gasteiger partial charge in [-0.3, -0.25) is 4.79 Å². The summed E-state index contributed by atoms with van der Waals surface area (Å²) in [7, 11) is 0. The number of esters is 1. The average molecular weight is 473 g/mol. The van der Waals surface area contributed by atoms with Crippen LogP contribution in [0.4, 0.5) is 4.79 Å². The first-order valence-electron chi connectivity index (χ1n) is 11.4. The van der Waals surface area contributed by atoms with Gasteiger partial charge in [-0.25, -0.2) is 4.79 Å². The van der Waals surface area contributed by atoms with E-state index in [1.54, 1.807) is 26.0 Å². The van der Waals surface area contributed by atoms with Crippen LogP contribution < -0.4 is 10.4 Å². The van der Waals surface area contributed by atoms with Crippen LogP contribution in [0.1, 0.15) is 42.9 Å². The second-order valence-electron chi connectivity index (χ2n) is 8.90. The molecule has 7 nitrogen and oxygen atoms in total. The summed E-state index contributed by atoms with van der Waals surface area (Å²) >= 11 is 0. The average Bonchev–Trinajstić information content (AvgIpc) is 3.16. The first-order valence-corrected chi connectivity index (χ1v) is 11.4. The monoisotopic (exact) mass is 472 g/mol. The molecular formula is C28H26NO6-. The number of aliphatic carboxylic acids is 1. The number of alkyl carbamates (subject to hydrolysis) is 1. The molecule has 1 atom stereocenters. The van der Waals surface area contributed by atoms with Crippen LogP contribution in [-0.4, -0.2) is 30.7 Å². The maximum absolute atomic E-state index is 12.5. The van der Waals surface area contributed by atoms with E-state index in [1.165, 1.54) is 0 Å². The Kier molecular flexibility index (Phi) is 6.87. The fourth-order valence-corrected chi connectivity index (χ4v) is 4.37. The molecular weight excluding hydrogens is 446 g/mol. The number of hydrogen-bond acceptors (Lipinski definition) is 6. The minimum Gasteiger partial charge on any atom is -0.548 e. The van der Waals surface area contributed by atoms with Crippen molar-refractivity contribution in [1.29, 1.82) is 0 Å². The van der Waals surface area contributed by atoms with Gasteiger partial charge >= 0.3 is 12.1 Å². The summed E-state index contributed by atoms with van der Waals surface area (Å²) in [6.07, 6.45) is -1.54. The first-order chi connectivity index (χ1) is 16.8. The summed E-state index contributed by atoms with van der Waals surface area (Å²) in [6, 6.07) is 23.2. The number of carboxylic acid groups (broad SMARTS) is 1. The third-order valence-corrected chi connectivity index (χ3v) is 6.13. The van der Waals surface area contributed by atoms with Crippen LogP contribution in [-0.2, 0) is 24.7 Å². The molecule has 1 aliphatic rings. The van der Waals surface area contributed by atoms with Gasteiger partial charge in [0.15, 0.2) is 0 Å². The fraction of sp³-hybridized carbons (Fsp3) is 0.250. The number of hydrogen-bond donors (Lipinski definition) is 1. The summed E-state index contributed by atoms with van der Waals surface area (Å²) in [6.45, 7) is 3.42. The van der Waals surface area contributed by atoms with E-state index in [4.69, 9.17) is 9.47 Å². The lowest BCUT2D eigenvalue weighted by atomic mass is 9.98. The van der Waals surface area contributed by atoms with Gasteiger partial charge in [-0.1, -0.05) is 78.9 Å². The highest BCUT2D eigenvalue weighted by Crippen LogP contribution is 2.44. The van der Waals surface area contributed by atoms with Crippen LogP contribution in [0.15, 0.2) is 78.9 Å². The highest BCUT2D eigenvalue weighted by Gasteiger charge is 2.30. The molecule has 1 aliphatic carbocycles. The molecule has 0 saturated carbocycles. The van der Waals surface area contributed by atoms with Gasteiger partial charge in [0.2, 0.25) is 0 Å². The number of carbonyl (C=O) groups is 3. The van der Waals surface area contributed by atoms with E-state index in [0.717, 1.165) is 27.8 Å². The maximum atomic E-state index is 12.5. The van der Waals surface area contributed by atoms with E-state index in [2.05, 4.69) is 5.32 Å². The number of carboxylic acids is 1. The van der Waals surface area contributed by atoms with Crippen molar-refractivity contribution in [3.05, 3.63) is 95.6 Å². The summed E-state index contributed by atoms with van der Waals surface area (Å²) in [5, 5.41) is 13.8. The Balaban J connectivity index is 1.37. The summed E-state index contributed by atoms with van der Waals surface area (Å²) in [4.78, 5) is 36.5. The molecule has 0 saturated heterocycles. The first kappa shape index (κ1) is 24.0. The van der Waals surface area contributed by atoms with Crippen molar-refractivity contribution in [3.63, 3.8) is 0 Å². The predicted molar refractivity (Wildman–Crippen MR) is 127 cm³/mol. The van der Waals surface area contributed by atoms with Crippen LogP contribution in [0, 0.1) is 0 Å². The normalized spacial score (nSPS) is 13.3. The highest BCUT2D eigenvalue weighted by molar-refractivity contribution is 5.84. The molecule has 0 fully saturated rings. The lowest BCUT2D eigenvalue weighted by Gasteiger charge is -2.27. The Morgan fingerprint density at radius 1 is 0.886 bits per heavy atom. The van der Waals surface area contributed by atoms with Gasteiger partial charge in [-0.05, 0) is 41.7 Å². The molecule has 1 amide bonds. The highest BCUT2D eigenvalue weighted by atomic mass is 16.6. The standard InChI is InChI=1S/C28H27NO6/c1-28(2,18-10-4-3-5-11-18)35-25(30)16-24(26(31)32)29-27(33)34-17-23-21-14-8-6-12-19(21)20-13-7-9-15-22(20)23/h3-15,23-24H,16-17H2,1-2H3,(H,29,33)(H,31,32)/p-1/t24-/m0/s1. The molecule has 180 valence electrons. The van der Waals surface area contributed by atoms with E-state index in [9.17, 15) is 19.5 Å². The molecule has 7 heteroatoms. The number of rotatable bonds is 8. The largest absolute Gasteiger partial charge is 0.548 e. The zero-order valence-electron chi connectivity index (χ0n) is 19.5. The molecule has 0 bridgehead atoms. The minimum atomic E-state index is -1.60. The zero-order chi connectivity index (χ0) is 25.0. The van der Waals surface area contributed by atoms with Crippen LogP contribution in [0.5, 0.6) is 0 Å². The van der Waals surface area contributed by atoms with Crippen molar-refractivity contribution in [1.82, 2.24) is 5.32 Å². The number of nitrogens with one attached hydrogen (secondary N) is 1. The predicted octanol–water partition coefficient (Wildman–Crippen LogP) is 3.51. The van der Waals surface area contributed by atoms with Crippen molar-refractivity contribution in [3.8, 4) is 11.1 Å². The molecule has 0 heterocycles. The number of carbonyl (C=O) groups excluding carboxylic acids is 3. The number of benzene rings is 3. The summed E-state index contributed by atoms with van der Waals surface area (Å²) in [5.41, 5.74) is 4.00. The van der Waals surface area contributed by atoms with Gasteiger partial charge in [0.1, 0.15) is 12.2 Å². The second-order valence-corrected chi connectivity index (χ2v) is 8.90. The minimum absolute atomic E-state index is 0.0190. The Labute approximate surface area is 203 Å². The van der Waals surface area contributed by atoms with E-state index in [-0.39, 0.29) is 12.5 Å². The summed E-state index contributed by atoms with van der Waals surface area (Å²) < 4.78 is 10.9. The Morgan fingerprint density at radius 2 is 1.43 bits per heavy atom. The molecule has 0 radical (unpaired) electrons. The third-order valence-electron chi connectivity index (χ3n) is 6.13. The van der Waals surface area contributed by atoms with Gasteiger partial charge in [-0.2, -0.15) is 0 Å². The third kappa shape index (κ3) is 5.35. The Bertz CT molecular complexity index is 1190. The van der Waals surface area contributed by atoms with Crippen LogP contribution in [0.3, 0.4) is 0 Å².